The molecule has 1 saturated carbocycles. The Kier molecular flexibility index (Phi) is 2.36. The van der Waals surface area contributed by atoms with Gasteiger partial charge in [0.1, 0.15) is 5.82 Å². The van der Waals surface area contributed by atoms with Crippen LogP contribution < -0.4 is 4.90 Å². The van der Waals surface area contributed by atoms with Crippen LogP contribution in [-0.2, 0) is 0 Å². The monoisotopic (exact) mass is 287 g/mol. The summed E-state index contributed by atoms with van der Waals surface area (Å²) in [7, 11) is 0. The Hall–Kier alpha value is -0.350. The van der Waals surface area contributed by atoms with Crippen LogP contribution >= 0.6 is 27.5 Å². The lowest BCUT2D eigenvalue weighted by molar-refractivity contribution is 0.549. The Morgan fingerprint density at radius 1 is 1.47 bits per heavy atom. The van der Waals surface area contributed by atoms with Crippen molar-refractivity contribution in [3.05, 3.63) is 16.0 Å². The van der Waals surface area contributed by atoms with Crippen molar-refractivity contribution < 1.29 is 0 Å². The maximum absolute atomic E-state index is 5.83. The van der Waals surface area contributed by atoms with Crippen LogP contribution in [0.15, 0.2) is 10.7 Å². The first-order valence-electron chi connectivity index (χ1n) is 5.18. The second-order valence-corrected chi connectivity index (χ2v) is 5.49. The SMILES string of the molecule is Clc1ncc(Br)c(N2CC3CCC2C3)n1. The molecule has 80 valence electrons. The molecule has 3 rings (SSSR count). The largest absolute Gasteiger partial charge is 0.352 e. The van der Waals surface area contributed by atoms with Crippen LogP contribution in [0.25, 0.3) is 0 Å². The van der Waals surface area contributed by atoms with Gasteiger partial charge in [-0.15, -0.1) is 0 Å². The van der Waals surface area contributed by atoms with Crippen molar-refractivity contribution in [2.45, 2.75) is 25.3 Å². The van der Waals surface area contributed by atoms with E-state index in [0.717, 1.165) is 22.8 Å². The van der Waals surface area contributed by atoms with Crippen molar-refractivity contribution in [3.8, 4) is 0 Å². The van der Waals surface area contributed by atoms with E-state index in [9.17, 15) is 0 Å². The number of aromatic nitrogens is 2. The Balaban J connectivity index is 1.96. The minimum Gasteiger partial charge on any atom is -0.352 e. The fourth-order valence-corrected chi connectivity index (χ4v) is 3.27. The minimum atomic E-state index is 0.330. The molecule has 1 aliphatic heterocycles. The third kappa shape index (κ3) is 1.64. The molecule has 1 saturated heterocycles. The molecule has 2 unspecified atom stereocenters. The molecule has 0 spiro atoms. The Bertz CT molecular complexity index is 398. The average Bonchev–Trinajstić information content (AvgIpc) is 2.83. The first kappa shape index (κ1) is 9.85. The zero-order valence-corrected chi connectivity index (χ0v) is 10.5. The minimum absolute atomic E-state index is 0.330. The van der Waals surface area contributed by atoms with Gasteiger partial charge in [0.05, 0.1) is 4.47 Å². The molecule has 2 atom stereocenters. The summed E-state index contributed by atoms with van der Waals surface area (Å²) in [5.41, 5.74) is 0. The standard InChI is InChI=1S/C10H11BrClN3/c11-8-4-13-10(12)14-9(8)15-5-6-1-2-7(15)3-6/h4,6-7H,1-3,5H2. The summed E-state index contributed by atoms with van der Waals surface area (Å²) in [6, 6.07) is 0.664. The van der Waals surface area contributed by atoms with Gasteiger partial charge in [-0.1, -0.05) is 0 Å². The van der Waals surface area contributed by atoms with Gasteiger partial charge in [-0.2, -0.15) is 4.98 Å². The first-order chi connectivity index (χ1) is 7.24. The van der Waals surface area contributed by atoms with Crippen molar-refractivity contribution in [1.29, 1.82) is 0 Å². The van der Waals surface area contributed by atoms with Gasteiger partial charge >= 0.3 is 0 Å². The zero-order valence-electron chi connectivity index (χ0n) is 8.16. The molecule has 0 N–H and O–H groups in total. The molecular weight excluding hydrogens is 277 g/mol. The molecule has 1 aromatic heterocycles. The van der Waals surface area contributed by atoms with E-state index in [0.29, 0.717) is 11.3 Å². The van der Waals surface area contributed by atoms with Gasteiger partial charge in [-0.3, -0.25) is 0 Å². The fraction of sp³-hybridized carbons (Fsp3) is 0.600. The molecule has 2 heterocycles. The van der Waals surface area contributed by atoms with Crippen molar-refractivity contribution in [2.24, 2.45) is 5.92 Å². The average molecular weight is 289 g/mol. The summed E-state index contributed by atoms with van der Waals surface area (Å²) in [4.78, 5) is 10.6. The summed E-state index contributed by atoms with van der Waals surface area (Å²) in [5.74, 6) is 1.82. The highest BCUT2D eigenvalue weighted by molar-refractivity contribution is 9.10. The number of hydrogen-bond donors (Lipinski definition) is 0. The summed E-state index contributed by atoms with van der Waals surface area (Å²) >= 11 is 9.31. The van der Waals surface area contributed by atoms with Gasteiger partial charge in [0.2, 0.25) is 5.28 Å². The van der Waals surface area contributed by atoms with E-state index >= 15 is 0 Å². The van der Waals surface area contributed by atoms with Crippen molar-refractivity contribution in [1.82, 2.24) is 9.97 Å². The van der Waals surface area contributed by atoms with Gasteiger partial charge in [0, 0.05) is 18.8 Å². The van der Waals surface area contributed by atoms with Gasteiger partial charge in [0.25, 0.3) is 0 Å². The lowest BCUT2D eigenvalue weighted by atomic mass is 10.1. The smallest absolute Gasteiger partial charge is 0.224 e. The number of fused-ring (bicyclic) bond motifs is 2. The normalized spacial score (nSPS) is 28.8. The highest BCUT2D eigenvalue weighted by Gasteiger charge is 2.39. The predicted octanol–water partition coefficient (Wildman–Crippen LogP) is 2.88. The summed E-state index contributed by atoms with van der Waals surface area (Å²) in [5, 5.41) is 0.330. The first-order valence-corrected chi connectivity index (χ1v) is 6.36. The molecule has 5 heteroatoms. The highest BCUT2D eigenvalue weighted by atomic mass is 79.9. The van der Waals surface area contributed by atoms with Crippen LogP contribution in [0.5, 0.6) is 0 Å². The molecule has 1 aliphatic carbocycles. The third-order valence-electron chi connectivity index (χ3n) is 3.38. The zero-order chi connectivity index (χ0) is 10.4. The molecule has 0 amide bonds. The maximum Gasteiger partial charge on any atom is 0.224 e. The van der Waals surface area contributed by atoms with E-state index in [1.54, 1.807) is 6.20 Å². The molecule has 2 fully saturated rings. The van der Waals surface area contributed by atoms with Crippen molar-refractivity contribution >= 4 is 33.3 Å². The van der Waals surface area contributed by atoms with Crippen LogP contribution in [0.1, 0.15) is 19.3 Å². The molecule has 0 radical (unpaired) electrons. The molecule has 2 bridgehead atoms. The predicted molar refractivity (Wildman–Crippen MR) is 63.2 cm³/mol. The van der Waals surface area contributed by atoms with Gasteiger partial charge in [-0.25, -0.2) is 4.98 Å². The number of rotatable bonds is 1. The Labute approximate surface area is 102 Å². The van der Waals surface area contributed by atoms with E-state index in [2.05, 4.69) is 30.8 Å². The van der Waals surface area contributed by atoms with E-state index in [-0.39, 0.29) is 0 Å². The van der Waals surface area contributed by atoms with Gasteiger partial charge < -0.3 is 4.90 Å². The summed E-state index contributed by atoms with van der Waals surface area (Å²) < 4.78 is 0.944. The molecule has 0 aromatic carbocycles. The quantitative estimate of drug-likeness (QED) is 0.744. The fourth-order valence-electron chi connectivity index (χ4n) is 2.72. The Morgan fingerprint density at radius 3 is 3.00 bits per heavy atom. The van der Waals surface area contributed by atoms with Crippen LogP contribution in [0.4, 0.5) is 5.82 Å². The lowest BCUT2D eigenvalue weighted by Crippen LogP contribution is -2.32. The van der Waals surface area contributed by atoms with Crippen molar-refractivity contribution in [2.75, 3.05) is 11.4 Å². The van der Waals surface area contributed by atoms with Gasteiger partial charge in [-0.05, 0) is 52.7 Å². The molecule has 15 heavy (non-hydrogen) atoms. The number of piperidine rings is 1. The molecule has 2 aliphatic rings. The number of halogens is 2. The second-order valence-electron chi connectivity index (χ2n) is 4.30. The number of hydrogen-bond acceptors (Lipinski definition) is 3. The number of anilines is 1. The van der Waals surface area contributed by atoms with Crippen molar-refractivity contribution in [3.63, 3.8) is 0 Å². The summed E-state index contributed by atoms with van der Waals surface area (Å²) in [6.45, 7) is 1.12. The summed E-state index contributed by atoms with van der Waals surface area (Å²) in [6.07, 6.45) is 5.71. The third-order valence-corrected chi connectivity index (χ3v) is 4.12. The van der Waals surface area contributed by atoms with Crippen LogP contribution in [0.2, 0.25) is 5.28 Å². The molecule has 3 nitrogen and oxygen atoms in total. The Morgan fingerprint density at radius 2 is 2.33 bits per heavy atom. The van der Waals surface area contributed by atoms with Gasteiger partial charge in [0.15, 0.2) is 0 Å². The van der Waals surface area contributed by atoms with E-state index in [1.165, 1.54) is 19.3 Å². The second kappa shape index (κ2) is 3.59. The number of nitrogens with zero attached hydrogens (tertiary/aromatic N) is 3. The molecule has 1 aromatic rings. The highest BCUT2D eigenvalue weighted by Crippen LogP contribution is 2.41. The maximum atomic E-state index is 5.83. The van der Waals surface area contributed by atoms with Crippen LogP contribution in [0.3, 0.4) is 0 Å². The van der Waals surface area contributed by atoms with E-state index < -0.39 is 0 Å². The van der Waals surface area contributed by atoms with E-state index in [4.69, 9.17) is 11.6 Å². The molecular formula is C10H11BrClN3. The lowest BCUT2D eigenvalue weighted by Gasteiger charge is -2.28. The van der Waals surface area contributed by atoms with E-state index in [1.807, 2.05) is 0 Å². The van der Waals surface area contributed by atoms with Crippen LogP contribution in [0, 0.1) is 5.92 Å². The topological polar surface area (TPSA) is 29.0 Å². The van der Waals surface area contributed by atoms with Crippen LogP contribution in [-0.4, -0.2) is 22.6 Å².